The van der Waals surface area contributed by atoms with Crippen molar-refractivity contribution in [3.8, 4) is 0 Å². The Balaban J connectivity index is 2.00. The van der Waals surface area contributed by atoms with E-state index in [1.165, 1.54) is 25.7 Å². The minimum atomic E-state index is -1.02. The van der Waals surface area contributed by atoms with E-state index in [2.05, 4.69) is 9.97 Å². The standard InChI is InChI=1S/C12H17N3O2/c13-10(12(16)17)5-11-14-6-9(7-15-11)8-3-1-2-4-8/h6-8,10H,1-5,13H2,(H,16,17). The molecule has 1 saturated carbocycles. The number of aromatic nitrogens is 2. The molecule has 0 amide bonds. The number of rotatable bonds is 4. The number of hydrogen-bond acceptors (Lipinski definition) is 4. The van der Waals surface area contributed by atoms with Gasteiger partial charge in [-0.3, -0.25) is 4.79 Å². The summed E-state index contributed by atoms with van der Waals surface area (Å²) in [5.74, 6) is 0.0623. The van der Waals surface area contributed by atoms with Crippen molar-refractivity contribution in [3.63, 3.8) is 0 Å². The molecule has 1 fully saturated rings. The summed E-state index contributed by atoms with van der Waals surface area (Å²) >= 11 is 0. The molecule has 5 nitrogen and oxygen atoms in total. The molecule has 0 radical (unpaired) electrons. The molecule has 1 unspecified atom stereocenters. The fourth-order valence-electron chi connectivity index (χ4n) is 2.22. The van der Waals surface area contributed by atoms with Gasteiger partial charge in [-0.2, -0.15) is 0 Å². The first-order chi connectivity index (χ1) is 8.16. The molecule has 0 bridgehead atoms. The summed E-state index contributed by atoms with van der Waals surface area (Å²) in [6.45, 7) is 0. The molecule has 3 N–H and O–H groups in total. The predicted molar refractivity (Wildman–Crippen MR) is 62.6 cm³/mol. The molecule has 1 atom stereocenters. The summed E-state index contributed by atoms with van der Waals surface area (Å²) in [6, 6.07) is -0.924. The topological polar surface area (TPSA) is 89.1 Å². The Morgan fingerprint density at radius 3 is 2.53 bits per heavy atom. The zero-order chi connectivity index (χ0) is 12.3. The van der Waals surface area contributed by atoms with Crippen molar-refractivity contribution in [2.75, 3.05) is 0 Å². The summed E-state index contributed by atoms with van der Waals surface area (Å²) in [7, 11) is 0. The Morgan fingerprint density at radius 2 is 2.00 bits per heavy atom. The SMILES string of the molecule is NC(Cc1ncc(C2CCCC2)cn1)C(=O)O. The number of carbonyl (C=O) groups is 1. The second kappa shape index (κ2) is 5.23. The van der Waals surface area contributed by atoms with Gasteiger partial charge in [0.25, 0.3) is 0 Å². The third kappa shape index (κ3) is 3.00. The molecule has 0 aromatic carbocycles. The second-order valence-corrected chi connectivity index (χ2v) is 4.56. The van der Waals surface area contributed by atoms with E-state index >= 15 is 0 Å². The normalized spacial score (nSPS) is 18.2. The lowest BCUT2D eigenvalue weighted by molar-refractivity contribution is -0.138. The zero-order valence-electron chi connectivity index (χ0n) is 9.67. The zero-order valence-corrected chi connectivity index (χ0v) is 9.67. The van der Waals surface area contributed by atoms with Crippen LogP contribution in [0.25, 0.3) is 0 Å². The maximum absolute atomic E-state index is 10.6. The van der Waals surface area contributed by atoms with E-state index < -0.39 is 12.0 Å². The third-order valence-electron chi connectivity index (χ3n) is 3.27. The number of hydrogen-bond donors (Lipinski definition) is 2. The van der Waals surface area contributed by atoms with E-state index in [4.69, 9.17) is 10.8 Å². The van der Waals surface area contributed by atoms with Crippen molar-refractivity contribution < 1.29 is 9.90 Å². The maximum Gasteiger partial charge on any atom is 0.320 e. The first-order valence-electron chi connectivity index (χ1n) is 5.96. The molecule has 1 aliphatic carbocycles. The van der Waals surface area contributed by atoms with E-state index in [0.717, 1.165) is 5.56 Å². The van der Waals surface area contributed by atoms with Crippen LogP contribution in [-0.2, 0) is 11.2 Å². The number of carboxylic acid groups (broad SMARTS) is 1. The van der Waals surface area contributed by atoms with Crippen molar-refractivity contribution in [2.45, 2.75) is 44.1 Å². The van der Waals surface area contributed by atoms with Crippen LogP contribution >= 0.6 is 0 Å². The average molecular weight is 235 g/mol. The first-order valence-corrected chi connectivity index (χ1v) is 5.96. The highest BCUT2D eigenvalue weighted by Crippen LogP contribution is 2.33. The van der Waals surface area contributed by atoms with Gasteiger partial charge in [-0.1, -0.05) is 12.8 Å². The molecule has 92 valence electrons. The predicted octanol–water partition coefficient (Wildman–Crippen LogP) is 1.09. The summed E-state index contributed by atoms with van der Waals surface area (Å²) in [5, 5.41) is 8.69. The van der Waals surface area contributed by atoms with Gasteiger partial charge in [0.1, 0.15) is 11.9 Å². The summed E-state index contributed by atoms with van der Waals surface area (Å²) < 4.78 is 0. The van der Waals surface area contributed by atoms with Gasteiger partial charge in [-0.25, -0.2) is 9.97 Å². The van der Waals surface area contributed by atoms with E-state index in [0.29, 0.717) is 11.7 Å². The van der Waals surface area contributed by atoms with Gasteiger partial charge < -0.3 is 10.8 Å². The molecule has 1 aromatic rings. The van der Waals surface area contributed by atoms with Crippen LogP contribution in [0.2, 0.25) is 0 Å². The van der Waals surface area contributed by atoms with Crippen LogP contribution in [0.5, 0.6) is 0 Å². The van der Waals surface area contributed by atoms with E-state index in [1.807, 2.05) is 12.4 Å². The molecule has 5 heteroatoms. The Labute approximate surface area is 100 Å². The number of nitrogens with zero attached hydrogens (tertiary/aromatic N) is 2. The molecule has 0 spiro atoms. The van der Waals surface area contributed by atoms with Crippen molar-refractivity contribution in [2.24, 2.45) is 5.73 Å². The van der Waals surface area contributed by atoms with Gasteiger partial charge >= 0.3 is 5.97 Å². The maximum atomic E-state index is 10.6. The van der Waals surface area contributed by atoms with E-state index in [9.17, 15) is 4.79 Å². The van der Waals surface area contributed by atoms with Crippen molar-refractivity contribution in [3.05, 3.63) is 23.8 Å². The third-order valence-corrected chi connectivity index (χ3v) is 3.27. The molecule has 0 aliphatic heterocycles. The molecular formula is C12H17N3O2. The fraction of sp³-hybridized carbons (Fsp3) is 0.583. The number of nitrogens with two attached hydrogens (primary N) is 1. The summed E-state index contributed by atoms with van der Waals surface area (Å²) in [6.07, 6.45) is 8.77. The highest BCUT2D eigenvalue weighted by atomic mass is 16.4. The lowest BCUT2D eigenvalue weighted by Crippen LogP contribution is -2.32. The minimum Gasteiger partial charge on any atom is -0.480 e. The van der Waals surface area contributed by atoms with Gasteiger partial charge in [0.15, 0.2) is 0 Å². The monoisotopic (exact) mass is 235 g/mol. The van der Waals surface area contributed by atoms with Crippen molar-refractivity contribution >= 4 is 5.97 Å². The summed E-state index contributed by atoms with van der Waals surface area (Å²) in [4.78, 5) is 19.0. The largest absolute Gasteiger partial charge is 0.480 e. The Morgan fingerprint density at radius 1 is 1.41 bits per heavy atom. The van der Waals surface area contributed by atoms with E-state index in [1.54, 1.807) is 0 Å². The number of carboxylic acids is 1. The van der Waals surface area contributed by atoms with Crippen molar-refractivity contribution in [1.82, 2.24) is 9.97 Å². The van der Waals surface area contributed by atoms with Gasteiger partial charge in [0.05, 0.1) is 0 Å². The summed E-state index contributed by atoms with van der Waals surface area (Å²) in [5.41, 5.74) is 6.59. The Hall–Kier alpha value is -1.49. The first kappa shape index (κ1) is 12.0. The molecule has 1 aliphatic rings. The molecule has 1 heterocycles. The van der Waals surface area contributed by atoms with E-state index in [-0.39, 0.29) is 6.42 Å². The molecular weight excluding hydrogens is 218 g/mol. The lowest BCUT2D eigenvalue weighted by Gasteiger charge is -2.09. The van der Waals surface area contributed by atoms with Gasteiger partial charge in [0, 0.05) is 18.8 Å². The van der Waals surface area contributed by atoms with Crippen LogP contribution in [0.1, 0.15) is 43.0 Å². The van der Waals surface area contributed by atoms with Crippen LogP contribution < -0.4 is 5.73 Å². The number of aliphatic carboxylic acids is 1. The molecule has 17 heavy (non-hydrogen) atoms. The van der Waals surface area contributed by atoms with Crippen LogP contribution in [-0.4, -0.2) is 27.1 Å². The van der Waals surface area contributed by atoms with Crippen LogP contribution in [0.4, 0.5) is 0 Å². The van der Waals surface area contributed by atoms with Gasteiger partial charge in [0.2, 0.25) is 0 Å². The van der Waals surface area contributed by atoms with Crippen LogP contribution in [0, 0.1) is 0 Å². The highest BCUT2D eigenvalue weighted by Gasteiger charge is 2.18. The fourth-order valence-corrected chi connectivity index (χ4v) is 2.22. The minimum absolute atomic E-state index is 0.181. The smallest absolute Gasteiger partial charge is 0.320 e. The molecule has 1 aromatic heterocycles. The van der Waals surface area contributed by atoms with Crippen molar-refractivity contribution in [1.29, 1.82) is 0 Å². The van der Waals surface area contributed by atoms with Crippen LogP contribution in [0.3, 0.4) is 0 Å². The average Bonchev–Trinajstić information content (AvgIpc) is 2.83. The van der Waals surface area contributed by atoms with Gasteiger partial charge in [-0.15, -0.1) is 0 Å². The van der Waals surface area contributed by atoms with Gasteiger partial charge in [-0.05, 0) is 24.3 Å². The lowest BCUT2D eigenvalue weighted by atomic mass is 10.0. The Bertz CT molecular complexity index is 385. The molecule has 2 rings (SSSR count). The second-order valence-electron chi connectivity index (χ2n) is 4.56. The highest BCUT2D eigenvalue weighted by molar-refractivity contribution is 5.73. The molecule has 0 saturated heterocycles. The quantitative estimate of drug-likeness (QED) is 0.815. The van der Waals surface area contributed by atoms with Crippen LogP contribution in [0.15, 0.2) is 12.4 Å². The Kier molecular flexibility index (Phi) is 3.68.